The number of rotatable bonds is 4. The zero-order valence-electron chi connectivity index (χ0n) is 20.0. The Labute approximate surface area is 203 Å². The Kier molecular flexibility index (Phi) is 6.11. The fraction of sp³-hybridized carbons (Fsp3) is 0.560. The summed E-state index contributed by atoms with van der Waals surface area (Å²) < 4.78 is 38.4. The first-order valence-corrected chi connectivity index (χ1v) is 12.1. The molecule has 2 saturated heterocycles. The van der Waals surface area contributed by atoms with Crippen molar-refractivity contribution in [3.8, 4) is 0 Å². The predicted octanol–water partition coefficient (Wildman–Crippen LogP) is 3.77. The van der Waals surface area contributed by atoms with Crippen LogP contribution in [0.2, 0.25) is 0 Å². The maximum absolute atomic E-state index is 13.0. The number of aromatic nitrogens is 2. The van der Waals surface area contributed by atoms with Crippen LogP contribution in [0.3, 0.4) is 0 Å². The molecule has 1 aromatic heterocycles. The van der Waals surface area contributed by atoms with Crippen molar-refractivity contribution in [1.29, 1.82) is 0 Å². The lowest BCUT2D eigenvalue weighted by molar-refractivity contribution is -0.138. The molecule has 7 nitrogen and oxygen atoms in total. The number of carbonyl (C=O) groups is 1. The second kappa shape index (κ2) is 8.96. The molecule has 1 spiro atoms. The molecular formula is C25H31F3N6O. The van der Waals surface area contributed by atoms with Crippen molar-refractivity contribution in [3.63, 3.8) is 0 Å². The van der Waals surface area contributed by atoms with E-state index in [0.717, 1.165) is 44.9 Å². The van der Waals surface area contributed by atoms with Gasteiger partial charge in [-0.25, -0.2) is 14.8 Å². The number of likely N-dealkylation sites (tertiary alicyclic amines) is 1. The van der Waals surface area contributed by atoms with Gasteiger partial charge in [-0.05, 0) is 37.7 Å². The molecule has 2 amide bonds. The molecular weight excluding hydrogens is 457 g/mol. The van der Waals surface area contributed by atoms with Gasteiger partial charge in [0.05, 0.1) is 5.56 Å². The smallest absolute Gasteiger partial charge is 0.335 e. The summed E-state index contributed by atoms with van der Waals surface area (Å²) in [4.78, 5) is 27.0. The van der Waals surface area contributed by atoms with Crippen LogP contribution < -0.4 is 10.2 Å². The van der Waals surface area contributed by atoms with Crippen LogP contribution in [0.15, 0.2) is 42.7 Å². The van der Waals surface area contributed by atoms with Gasteiger partial charge in [0.2, 0.25) is 5.95 Å². The highest BCUT2D eigenvalue weighted by Gasteiger charge is 2.52. The van der Waals surface area contributed by atoms with Crippen molar-refractivity contribution < 1.29 is 18.0 Å². The van der Waals surface area contributed by atoms with Crippen molar-refractivity contribution in [2.75, 3.05) is 31.1 Å². The Morgan fingerprint density at radius 1 is 1.06 bits per heavy atom. The van der Waals surface area contributed by atoms with E-state index in [4.69, 9.17) is 0 Å². The lowest BCUT2D eigenvalue weighted by Crippen LogP contribution is -2.68. The Morgan fingerprint density at radius 3 is 2.34 bits per heavy atom. The fourth-order valence-corrected chi connectivity index (χ4v) is 5.76. The molecule has 1 aliphatic carbocycles. The van der Waals surface area contributed by atoms with E-state index in [1.54, 1.807) is 0 Å². The number of benzene rings is 1. The third-order valence-electron chi connectivity index (χ3n) is 7.52. The molecule has 2 unspecified atom stereocenters. The summed E-state index contributed by atoms with van der Waals surface area (Å²) in [5.74, 6) is 0.253. The average Bonchev–Trinajstić information content (AvgIpc) is 2.77. The summed E-state index contributed by atoms with van der Waals surface area (Å²) in [5, 5.41) is 3.20. The van der Waals surface area contributed by atoms with Crippen LogP contribution >= 0.6 is 0 Å². The van der Waals surface area contributed by atoms with Gasteiger partial charge < -0.3 is 15.1 Å². The molecule has 1 aromatic carbocycles. The first-order valence-electron chi connectivity index (χ1n) is 12.1. The number of hydrogen-bond donors (Lipinski definition) is 1. The summed E-state index contributed by atoms with van der Waals surface area (Å²) in [7, 11) is 0. The van der Waals surface area contributed by atoms with E-state index >= 15 is 0 Å². The molecule has 1 N–H and O–H groups in total. The molecule has 5 rings (SSSR count). The van der Waals surface area contributed by atoms with E-state index in [-0.39, 0.29) is 30.1 Å². The van der Waals surface area contributed by atoms with Crippen LogP contribution in [0, 0.1) is 5.41 Å². The number of urea groups is 1. The molecule has 188 valence electrons. The van der Waals surface area contributed by atoms with E-state index in [9.17, 15) is 18.0 Å². The highest BCUT2D eigenvalue weighted by Crippen LogP contribution is 2.48. The standard InChI is InChI=1S/C25H31F3N6O/c1-17-13-34(18(2)12-33(17)22-29-10-20(11-30-22)25(26,27)28)23(35)31-21-8-24(9-21)15-32(16-24)14-19-6-4-3-5-7-19/h3-7,10-11,17-18,21H,8-9,12-16H2,1-2H3,(H,31,35). The Morgan fingerprint density at radius 2 is 1.71 bits per heavy atom. The van der Waals surface area contributed by atoms with Crippen LogP contribution in [-0.4, -0.2) is 70.1 Å². The lowest BCUT2D eigenvalue weighted by Gasteiger charge is -2.59. The van der Waals surface area contributed by atoms with E-state index in [0.29, 0.717) is 18.5 Å². The van der Waals surface area contributed by atoms with Gasteiger partial charge >= 0.3 is 12.2 Å². The van der Waals surface area contributed by atoms with Gasteiger partial charge in [-0.3, -0.25) is 4.90 Å². The number of anilines is 1. The molecule has 1 saturated carbocycles. The maximum atomic E-state index is 13.0. The van der Waals surface area contributed by atoms with Crippen molar-refractivity contribution in [1.82, 2.24) is 25.1 Å². The van der Waals surface area contributed by atoms with Gasteiger partial charge in [0.1, 0.15) is 0 Å². The molecule has 3 fully saturated rings. The van der Waals surface area contributed by atoms with Crippen LogP contribution in [0.1, 0.15) is 37.8 Å². The van der Waals surface area contributed by atoms with Crippen molar-refractivity contribution >= 4 is 12.0 Å². The van der Waals surface area contributed by atoms with Crippen LogP contribution in [-0.2, 0) is 12.7 Å². The van der Waals surface area contributed by atoms with Gasteiger partial charge in [-0.2, -0.15) is 13.2 Å². The maximum Gasteiger partial charge on any atom is 0.419 e. The zero-order valence-corrected chi connectivity index (χ0v) is 20.0. The van der Waals surface area contributed by atoms with Crippen LogP contribution in [0.25, 0.3) is 0 Å². The normalized spacial score (nSPS) is 24.7. The first-order chi connectivity index (χ1) is 16.6. The largest absolute Gasteiger partial charge is 0.419 e. The monoisotopic (exact) mass is 488 g/mol. The Bertz CT molecular complexity index is 1030. The lowest BCUT2D eigenvalue weighted by atomic mass is 9.60. The molecule has 0 bridgehead atoms. The van der Waals surface area contributed by atoms with Crippen LogP contribution in [0.5, 0.6) is 0 Å². The number of nitrogens with zero attached hydrogens (tertiary/aromatic N) is 5. The van der Waals surface area contributed by atoms with Gasteiger partial charge in [0.25, 0.3) is 0 Å². The summed E-state index contributed by atoms with van der Waals surface area (Å²) in [6, 6.07) is 10.4. The van der Waals surface area contributed by atoms with Crippen LogP contribution in [0.4, 0.5) is 23.9 Å². The molecule has 2 aliphatic heterocycles. The average molecular weight is 489 g/mol. The number of carbonyl (C=O) groups excluding carboxylic acids is 1. The van der Waals surface area contributed by atoms with E-state index < -0.39 is 11.7 Å². The second-order valence-corrected chi connectivity index (χ2v) is 10.5. The first kappa shape index (κ1) is 23.8. The van der Waals surface area contributed by atoms with Gasteiger partial charge in [-0.1, -0.05) is 30.3 Å². The van der Waals surface area contributed by atoms with Crippen molar-refractivity contribution in [2.45, 2.75) is 57.5 Å². The Hall–Kier alpha value is -2.88. The zero-order chi connectivity index (χ0) is 24.8. The number of alkyl halides is 3. The molecule has 10 heteroatoms. The topological polar surface area (TPSA) is 64.6 Å². The third kappa shape index (κ3) is 4.94. The third-order valence-corrected chi connectivity index (χ3v) is 7.52. The highest BCUT2D eigenvalue weighted by atomic mass is 19.4. The highest BCUT2D eigenvalue weighted by molar-refractivity contribution is 5.75. The minimum Gasteiger partial charge on any atom is -0.335 e. The van der Waals surface area contributed by atoms with E-state index in [1.165, 1.54) is 5.56 Å². The molecule has 3 heterocycles. The van der Waals surface area contributed by atoms with E-state index in [1.807, 2.05) is 29.7 Å². The summed E-state index contributed by atoms with van der Waals surface area (Å²) in [6.07, 6.45) is -0.825. The number of halogens is 3. The van der Waals surface area contributed by atoms with Crippen molar-refractivity contribution in [3.05, 3.63) is 53.9 Å². The quantitative estimate of drug-likeness (QED) is 0.710. The number of piperazine rings is 1. The minimum absolute atomic E-state index is 0.0716. The van der Waals surface area contributed by atoms with E-state index in [2.05, 4.69) is 44.5 Å². The minimum atomic E-state index is -4.46. The molecule has 0 radical (unpaired) electrons. The van der Waals surface area contributed by atoms with Crippen molar-refractivity contribution in [2.24, 2.45) is 5.41 Å². The summed E-state index contributed by atoms with van der Waals surface area (Å²) in [6.45, 7) is 7.92. The van der Waals surface area contributed by atoms with Gasteiger partial charge in [-0.15, -0.1) is 0 Å². The summed E-state index contributed by atoms with van der Waals surface area (Å²) in [5.41, 5.74) is 0.799. The van der Waals surface area contributed by atoms with Gasteiger partial charge in [0, 0.05) is 63.2 Å². The second-order valence-electron chi connectivity index (χ2n) is 10.5. The number of amides is 2. The molecule has 35 heavy (non-hydrogen) atoms. The molecule has 2 aromatic rings. The fourth-order valence-electron chi connectivity index (χ4n) is 5.76. The predicted molar refractivity (Wildman–Crippen MR) is 126 cm³/mol. The molecule has 3 aliphatic rings. The Balaban J connectivity index is 1.09. The number of hydrogen-bond acceptors (Lipinski definition) is 5. The SMILES string of the molecule is CC1CN(c2ncc(C(F)(F)F)cn2)C(C)CN1C(=O)NC1CC2(C1)CN(Cc1ccccc1)C2. The van der Waals surface area contributed by atoms with Gasteiger partial charge in [0.15, 0.2) is 0 Å². The molecule has 2 atom stereocenters. The number of nitrogens with one attached hydrogen (secondary N) is 1. The summed E-state index contributed by atoms with van der Waals surface area (Å²) >= 11 is 0.